The summed E-state index contributed by atoms with van der Waals surface area (Å²) in [5, 5.41) is 5.14. The zero-order chi connectivity index (χ0) is 16.4. The molecule has 0 spiro atoms. The monoisotopic (exact) mass is 320 g/mol. The predicted molar refractivity (Wildman–Crippen MR) is 82.9 cm³/mol. The molecule has 1 fully saturated rings. The molecule has 23 heavy (non-hydrogen) atoms. The lowest BCUT2D eigenvalue weighted by molar-refractivity contribution is -0.118. The molecular weight excluding hydrogens is 303 g/mol. The average Bonchev–Trinajstić information content (AvgIpc) is 2.96. The fourth-order valence-electron chi connectivity index (χ4n) is 2.56. The molecule has 0 radical (unpaired) electrons. The molecule has 8 heteroatoms. The summed E-state index contributed by atoms with van der Waals surface area (Å²) in [6, 6.07) is 4.59. The lowest BCUT2D eigenvalue weighted by Crippen LogP contribution is -2.37. The van der Waals surface area contributed by atoms with Gasteiger partial charge in [-0.15, -0.1) is 0 Å². The highest BCUT2D eigenvalue weighted by Crippen LogP contribution is 2.28. The zero-order valence-corrected chi connectivity index (χ0v) is 12.7. The van der Waals surface area contributed by atoms with Gasteiger partial charge in [-0.2, -0.15) is 5.10 Å². The van der Waals surface area contributed by atoms with E-state index in [1.165, 1.54) is 22.3 Å². The number of anilines is 2. The van der Waals surface area contributed by atoms with Crippen LogP contribution in [0.5, 0.6) is 0 Å². The number of rotatable bonds is 4. The summed E-state index contributed by atoms with van der Waals surface area (Å²) in [4.78, 5) is 25.5. The average molecular weight is 320 g/mol. The Labute approximate surface area is 132 Å². The number of cyclic esters (lactones) is 1. The van der Waals surface area contributed by atoms with Gasteiger partial charge in [-0.1, -0.05) is 6.92 Å². The first-order valence-electron chi connectivity index (χ1n) is 7.42. The number of carbonyl (C=O) groups excluding carboxylic acids is 2. The van der Waals surface area contributed by atoms with Crippen LogP contribution in [-0.4, -0.2) is 49.6 Å². The van der Waals surface area contributed by atoms with Gasteiger partial charge in [0, 0.05) is 6.54 Å². The van der Waals surface area contributed by atoms with Crippen molar-refractivity contribution in [3.8, 4) is 0 Å². The van der Waals surface area contributed by atoms with Gasteiger partial charge in [0.2, 0.25) is 6.41 Å². The molecule has 1 aromatic carbocycles. The largest absolute Gasteiger partial charge is 0.444 e. The Morgan fingerprint density at radius 3 is 2.83 bits per heavy atom. The number of carbonyl (C=O) groups is 2. The Morgan fingerprint density at radius 1 is 1.43 bits per heavy atom. The summed E-state index contributed by atoms with van der Waals surface area (Å²) in [6.07, 6.45) is 2.14. The maximum atomic E-state index is 14.4. The van der Waals surface area contributed by atoms with Gasteiger partial charge in [-0.25, -0.2) is 14.2 Å². The Morgan fingerprint density at radius 2 is 2.26 bits per heavy atom. The minimum Gasteiger partial charge on any atom is -0.444 e. The van der Waals surface area contributed by atoms with Crippen molar-refractivity contribution in [2.45, 2.75) is 19.4 Å². The van der Waals surface area contributed by atoms with E-state index in [1.807, 2.05) is 6.92 Å². The molecule has 1 aromatic rings. The predicted octanol–water partition coefficient (Wildman–Crippen LogP) is 1.78. The minimum absolute atomic E-state index is 0.159. The highest BCUT2D eigenvalue weighted by molar-refractivity contribution is 5.90. The normalized spacial score (nSPS) is 20.9. The van der Waals surface area contributed by atoms with Gasteiger partial charge in [0.15, 0.2) is 0 Å². The summed E-state index contributed by atoms with van der Waals surface area (Å²) < 4.78 is 19.6. The van der Waals surface area contributed by atoms with E-state index in [0.717, 1.165) is 6.42 Å². The van der Waals surface area contributed by atoms with E-state index < -0.39 is 11.9 Å². The fourth-order valence-corrected chi connectivity index (χ4v) is 2.56. The third-order valence-electron chi connectivity index (χ3n) is 3.91. The molecule has 1 atom stereocenters. The first kappa shape index (κ1) is 15.3. The van der Waals surface area contributed by atoms with Crippen LogP contribution in [0, 0.1) is 5.82 Å². The van der Waals surface area contributed by atoms with Crippen LogP contribution < -0.4 is 9.80 Å². The van der Waals surface area contributed by atoms with Crippen LogP contribution >= 0.6 is 0 Å². The maximum absolute atomic E-state index is 14.4. The van der Waals surface area contributed by atoms with Crippen molar-refractivity contribution in [2.24, 2.45) is 5.10 Å². The van der Waals surface area contributed by atoms with Crippen LogP contribution in [0.25, 0.3) is 0 Å². The number of benzene rings is 1. The van der Waals surface area contributed by atoms with Crippen LogP contribution in [0.3, 0.4) is 0 Å². The number of hydrogen-bond acceptors (Lipinski definition) is 5. The molecule has 2 amide bonds. The quantitative estimate of drug-likeness (QED) is 0.793. The van der Waals surface area contributed by atoms with Crippen molar-refractivity contribution < 1.29 is 18.7 Å². The van der Waals surface area contributed by atoms with E-state index in [1.54, 1.807) is 17.0 Å². The van der Waals surface area contributed by atoms with Gasteiger partial charge in [-0.3, -0.25) is 9.69 Å². The van der Waals surface area contributed by atoms with Gasteiger partial charge in [0.1, 0.15) is 18.3 Å². The zero-order valence-electron chi connectivity index (χ0n) is 12.7. The van der Waals surface area contributed by atoms with E-state index in [2.05, 4.69) is 5.10 Å². The highest BCUT2D eigenvalue weighted by atomic mass is 19.1. The van der Waals surface area contributed by atoms with E-state index in [9.17, 15) is 14.0 Å². The van der Waals surface area contributed by atoms with Crippen LogP contribution in [0.4, 0.5) is 20.6 Å². The smallest absolute Gasteiger partial charge is 0.414 e. The molecule has 1 unspecified atom stereocenters. The summed E-state index contributed by atoms with van der Waals surface area (Å²) in [5.74, 6) is -0.457. The molecule has 7 nitrogen and oxygen atoms in total. The standard InChI is InChI=1S/C15H17FN4O3/c1-2-12-8-20(15(22)23-12)11-3-4-14(13(16)7-11)18-5-6-19(10-21)17-9-18/h3-4,7,9-10,12H,2,5-6,8H2,1H3. The molecular formula is C15H17FN4O3. The van der Waals surface area contributed by atoms with Gasteiger partial charge in [0.05, 0.1) is 24.5 Å². The van der Waals surface area contributed by atoms with Crippen molar-refractivity contribution in [3.63, 3.8) is 0 Å². The van der Waals surface area contributed by atoms with Gasteiger partial charge >= 0.3 is 6.09 Å². The second-order valence-electron chi connectivity index (χ2n) is 5.35. The van der Waals surface area contributed by atoms with E-state index in [0.29, 0.717) is 37.4 Å². The molecule has 0 saturated carbocycles. The van der Waals surface area contributed by atoms with E-state index in [-0.39, 0.29) is 6.10 Å². The lowest BCUT2D eigenvalue weighted by Gasteiger charge is -2.27. The SMILES string of the molecule is CCC1CN(c2ccc(N3C=NN(C=O)CC3)c(F)c2)C(=O)O1. The Kier molecular flexibility index (Phi) is 4.14. The molecule has 3 rings (SSSR count). The molecule has 2 aliphatic rings. The third kappa shape index (κ3) is 2.96. The Bertz CT molecular complexity index is 652. The topological polar surface area (TPSA) is 65.5 Å². The fraction of sp³-hybridized carbons (Fsp3) is 0.400. The molecule has 1 saturated heterocycles. The second-order valence-corrected chi connectivity index (χ2v) is 5.35. The summed E-state index contributed by atoms with van der Waals surface area (Å²) in [7, 11) is 0. The van der Waals surface area contributed by atoms with Gasteiger partial charge in [0.25, 0.3) is 0 Å². The molecule has 0 aromatic heterocycles. The molecule has 0 N–H and O–H groups in total. The Balaban J connectivity index is 1.79. The first-order chi connectivity index (χ1) is 11.1. The Hall–Kier alpha value is -2.64. The van der Waals surface area contributed by atoms with Crippen molar-refractivity contribution in [1.82, 2.24) is 5.01 Å². The van der Waals surface area contributed by atoms with Crippen molar-refractivity contribution in [2.75, 3.05) is 29.4 Å². The first-order valence-corrected chi connectivity index (χ1v) is 7.42. The molecule has 0 bridgehead atoms. The molecule has 2 aliphatic heterocycles. The van der Waals surface area contributed by atoms with Crippen molar-refractivity contribution in [1.29, 1.82) is 0 Å². The van der Waals surface area contributed by atoms with Crippen LogP contribution in [0.2, 0.25) is 0 Å². The molecule has 122 valence electrons. The van der Waals surface area contributed by atoms with Gasteiger partial charge in [-0.05, 0) is 24.6 Å². The minimum atomic E-state index is -0.457. The number of nitrogens with zero attached hydrogens (tertiary/aromatic N) is 4. The van der Waals surface area contributed by atoms with Crippen molar-refractivity contribution >= 4 is 30.2 Å². The van der Waals surface area contributed by atoms with Crippen LogP contribution in [0.1, 0.15) is 13.3 Å². The number of amides is 2. The van der Waals surface area contributed by atoms with E-state index >= 15 is 0 Å². The number of hydrazone groups is 1. The summed E-state index contributed by atoms with van der Waals surface area (Å²) >= 11 is 0. The van der Waals surface area contributed by atoms with Crippen molar-refractivity contribution in [3.05, 3.63) is 24.0 Å². The highest BCUT2D eigenvalue weighted by Gasteiger charge is 2.31. The third-order valence-corrected chi connectivity index (χ3v) is 3.91. The molecule has 0 aliphatic carbocycles. The van der Waals surface area contributed by atoms with Crippen LogP contribution in [0.15, 0.2) is 23.3 Å². The van der Waals surface area contributed by atoms with E-state index in [4.69, 9.17) is 4.74 Å². The molecule has 2 heterocycles. The van der Waals surface area contributed by atoms with Crippen LogP contribution in [-0.2, 0) is 9.53 Å². The number of ether oxygens (including phenoxy) is 1. The number of hydrogen-bond donors (Lipinski definition) is 0. The maximum Gasteiger partial charge on any atom is 0.414 e. The second kappa shape index (κ2) is 6.23. The lowest BCUT2D eigenvalue weighted by atomic mass is 10.2. The number of halogens is 1. The summed E-state index contributed by atoms with van der Waals surface area (Å²) in [5.41, 5.74) is 0.818. The summed E-state index contributed by atoms with van der Waals surface area (Å²) in [6.45, 7) is 3.19. The van der Waals surface area contributed by atoms with Gasteiger partial charge < -0.3 is 9.64 Å².